The number of carbonyl (C=O) groups excluding carboxylic acids is 1. The molecule has 0 spiro atoms. The van der Waals surface area contributed by atoms with Crippen molar-refractivity contribution in [2.45, 2.75) is 19.3 Å². The molecule has 0 bridgehead atoms. The zero-order chi connectivity index (χ0) is 18.4. The number of hydrogen-bond acceptors (Lipinski definition) is 2. The summed E-state index contributed by atoms with van der Waals surface area (Å²) in [7, 11) is 0. The minimum absolute atomic E-state index is 0.0953. The van der Waals surface area contributed by atoms with E-state index < -0.39 is 0 Å². The van der Waals surface area contributed by atoms with Gasteiger partial charge in [0.15, 0.2) is 0 Å². The van der Waals surface area contributed by atoms with E-state index in [4.69, 9.17) is 4.74 Å². The van der Waals surface area contributed by atoms with E-state index >= 15 is 0 Å². The van der Waals surface area contributed by atoms with Gasteiger partial charge >= 0.3 is 5.97 Å². The van der Waals surface area contributed by atoms with Crippen LogP contribution in [0.2, 0.25) is 0 Å². The summed E-state index contributed by atoms with van der Waals surface area (Å²) in [5.41, 5.74) is 2.90. The van der Waals surface area contributed by atoms with Gasteiger partial charge in [-0.3, -0.25) is 0 Å². The highest BCUT2D eigenvalue weighted by Crippen LogP contribution is 2.27. The Hall–Kier alpha value is -2.94. The van der Waals surface area contributed by atoms with Gasteiger partial charge in [-0.15, -0.1) is 0 Å². The highest BCUT2D eigenvalue weighted by Gasteiger charge is 2.12. The lowest BCUT2D eigenvalue weighted by Crippen LogP contribution is -2.08. The SMILES string of the molecule is CC(CCOC(=O)c1ccccc1)c1ccc(-c2ccccc2)c(F)c1. The summed E-state index contributed by atoms with van der Waals surface area (Å²) in [6.45, 7) is 2.31. The van der Waals surface area contributed by atoms with Crippen molar-refractivity contribution in [3.63, 3.8) is 0 Å². The highest BCUT2D eigenvalue weighted by atomic mass is 19.1. The summed E-state index contributed by atoms with van der Waals surface area (Å²) in [5.74, 6) is -0.469. The highest BCUT2D eigenvalue weighted by molar-refractivity contribution is 5.89. The molecule has 0 saturated heterocycles. The first-order chi connectivity index (χ1) is 12.6. The number of ether oxygens (including phenoxy) is 1. The zero-order valence-electron chi connectivity index (χ0n) is 14.7. The fourth-order valence-electron chi connectivity index (χ4n) is 2.84. The summed E-state index contributed by atoms with van der Waals surface area (Å²) >= 11 is 0. The van der Waals surface area contributed by atoms with E-state index in [-0.39, 0.29) is 17.7 Å². The van der Waals surface area contributed by atoms with E-state index in [0.717, 1.165) is 11.1 Å². The topological polar surface area (TPSA) is 26.3 Å². The van der Waals surface area contributed by atoms with Crippen LogP contribution in [0.3, 0.4) is 0 Å². The maximum Gasteiger partial charge on any atom is 0.338 e. The average Bonchev–Trinajstić information content (AvgIpc) is 2.69. The lowest BCUT2D eigenvalue weighted by molar-refractivity contribution is 0.0494. The van der Waals surface area contributed by atoms with Gasteiger partial charge in [0.2, 0.25) is 0 Å². The Labute approximate surface area is 153 Å². The molecule has 26 heavy (non-hydrogen) atoms. The summed E-state index contributed by atoms with van der Waals surface area (Å²) in [6, 6.07) is 23.7. The second-order valence-corrected chi connectivity index (χ2v) is 6.30. The van der Waals surface area contributed by atoms with Gasteiger partial charge in [0, 0.05) is 5.56 Å². The van der Waals surface area contributed by atoms with Gasteiger partial charge in [-0.25, -0.2) is 9.18 Å². The second-order valence-electron chi connectivity index (χ2n) is 6.30. The first-order valence-corrected chi connectivity index (χ1v) is 8.72. The molecule has 1 unspecified atom stereocenters. The zero-order valence-corrected chi connectivity index (χ0v) is 14.7. The van der Waals surface area contributed by atoms with Crippen molar-refractivity contribution < 1.29 is 13.9 Å². The van der Waals surface area contributed by atoms with Gasteiger partial charge in [-0.1, -0.05) is 67.6 Å². The van der Waals surface area contributed by atoms with Crippen LogP contribution in [0.5, 0.6) is 0 Å². The number of halogens is 1. The van der Waals surface area contributed by atoms with Crippen LogP contribution in [0.1, 0.15) is 35.2 Å². The molecule has 0 radical (unpaired) electrons. The third-order valence-electron chi connectivity index (χ3n) is 4.44. The van der Waals surface area contributed by atoms with Crippen LogP contribution in [0.25, 0.3) is 11.1 Å². The van der Waals surface area contributed by atoms with E-state index in [1.807, 2.05) is 55.5 Å². The first kappa shape index (κ1) is 17.9. The van der Waals surface area contributed by atoms with Crippen LogP contribution in [0.4, 0.5) is 4.39 Å². The van der Waals surface area contributed by atoms with Crippen LogP contribution in [-0.2, 0) is 4.74 Å². The summed E-state index contributed by atoms with van der Waals surface area (Å²) in [6.07, 6.45) is 0.642. The normalized spacial score (nSPS) is 11.8. The van der Waals surface area contributed by atoms with E-state index in [2.05, 4.69) is 0 Å². The molecule has 0 aliphatic heterocycles. The third kappa shape index (κ3) is 4.37. The van der Waals surface area contributed by atoms with E-state index in [1.165, 1.54) is 0 Å². The number of benzene rings is 3. The van der Waals surface area contributed by atoms with Crippen molar-refractivity contribution in [1.29, 1.82) is 0 Å². The van der Waals surface area contributed by atoms with Crippen LogP contribution >= 0.6 is 0 Å². The van der Waals surface area contributed by atoms with Crippen LogP contribution < -0.4 is 0 Å². The van der Waals surface area contributed by atoms with Gasteiger partial charge in [0.05, 0.1) is 12.2 Å². The van der Waals surface area contributed by atoms with E-state index in [0.29, 0.717) is 24.2 Å². The summed E-state index contributed by atoms with van der Waals surface area (Å²) in [4.78, 5) is 11.9. The van der Waals surface area contributed by atoms with E-state index in [9.17, 15) is 9.18 Å². The molecular formula is C23H21FO2. The Morgan fingerprint density at radius 3 is 2.27 bits per heavy atom. The van der Waals surface area contributed by atoms with Crippen molar-refractivity contribution in [1.82, 2.24) is 0 Å². The molecule has 0 aliphatic carbocycles. The first-order valence-electron chi connectivity index (χ1n) is 8.72. The minimum atomic E-state index is -0.330. The lowest BCUT2D eigenvalue weighted by atomic mass is 9.95. The molecule has 1 atom stereocenters. The van der Waals surface area contributed by atoms with Gasteiger partial charge in [0.25, 0.3) is 0 Å². The minimum Gasteiger partial charge on any atom is -0.462 e. The quantitative estimate of drug-likeness (QED) is 0.523. The monoisotopic (exact) mass is 348 g/mol. The number of esters is 1. The molecule has 0 aliphatic rings. The maximum absolute atomic E-state index is 14.5. The molecule has 132 valence electrons. The van der Waals surface area contributed by atoms with Crippen molar-refractivity contribution in [2.24, 2.45) is 0 Å². The van der Waals surface area contributed by atoms with Gasteiger partial charge < -0.3 is 4.74 Å². The van der Waals surface area contributed by atoms with Gasteiger partial charge in [-0.05, 0) is 41.7 Å². The molecule has 2 nitrogen and oxygen atoms in total. The van der Waals surface area contributed by atoms with Crippen LogP contribution in [0.15, 0.2) is 78.9 Å². The largest absolute Gasteiger partial charge is 0.462 e. The average molecular weight is 348 g/mol. The standard InChI is InChI=1S/C23H21FO2/c1-17(14-15-26-23(25)19-10-6-3-7-11-19)20-12-13-21(22(24)16-20)18-8-4-2-5-9-18/h2-13,16-17H,14-15H2,1H3. The van der Waals surface area contributed by atoms with Gasteiger partial charge in [-0.2, -0.15) is 0 Å². The fraction of sp³-hybridized carbons (Fsp3) is 0.174. The molecular weight excluding hydrogens is 327 g/mol. The Bertz CT molecular complexity index is 860. The molecule has 0 aromatic heterocycles. The predicted molar refractivity (Wildman–Crippen MR) is 102 cm³/mol. The third-order valence-corrected chi connectivity index (χ3v) is 4.44. The summed E-state index contributed by atoms with van der Waals surface area (Å²) < 4.78 is 19.8. The van der Waals surface area contributed by atoms with Crippen molar-refractivity contribution in [3.05, 3.63) is 95.8 Å². The molecule has 0 saturated carbocycles. The van der Waals surface area contributed by atoms with Crippen molar-refractivity contribution >= 4 is 5.97 Å². The predicted octanol–water partition coefficient (Wildman–Crippen LogP) is 5.84. The molecule has 3 heteroatoms. The Morgan fingerprint density at radius 1 is 0.962 bits per heavy atom. The van der Waals surface area contributed by atoms with Gasteiger partial charge in [0.1, 0.15) is 5.82 Å². The van der Waals surface area contributed by atoms with Crippen molar-refractivity contribution in [3.8, 4) is 11.1 Å². The second kappa shape index (κ2) is 8.43. The smallest absolute Gasteiger partial charge is 0.338 e. The fourth-order valence-corrected chi connectivity index (χ4v) is 2.84. The van der Waals surface area contributed by atoms with Crippen molar-refractivity contribution in [2.75, 3.05) is 6.61 Å². The molecule has 3 aromatic rings. The molecule has 0 N–H and O–H groups in total. The maximum atomic E-state index is 14.5. The molecule has 0 heterocycles. The Morgan fingerprint density at radius 2 is 1.62 bits per heavy atom. The molecule has 3 aromatic carbocycles. The molecule has 0 amide bonds. The van der Waals surface area contributed by atoms with E-state index in [1.54, 1.807) is 30.3 Å². The lowest BCUT2D eigenvalue weighted by Gasteiger charge is -2.14. The number of hydrogen-bond donors (Lipinski definition) is 0. The molecule has 3 rings (SSSR count). The Balaban J connectivity index is 1.59. The number of carbonyl (C=O) groups is 1. The van der Waals surface area contributed by atoms with Crippen LogP contribution in [0, 0.1) is 5.82 Å². The molecule has 0 fully saturated rings. The Kier molecular flexibility index (Phi) is 5.80. The summed E-state index contributed by atoms with van der Waals surface area (Å²) in [5, 5.41) is 0. The van der Waals surface area contributed by atoms with Crippen LogP contribution in [-0.4, -0.2) is 12.6 Å². The number of rotatable bonds is 6.